The summed E-state index contributed by atoms with van der Waals surface area (Å²) in [6.45, 7) is 3.43. The number of hydrogen-bond donors (Lipinski definition) is 1. The predicted molar refractivity (Wildman–Crippen MR) is 107 cm³/mol. The molecule has 2 atom stereocenters. The number of amides is 2. The van der Waals surface area contributed by atoms with E-state index in [1.165, 1.54) is 0 Å². The first-order valence-electron chi connectivity index (χ1n) is 9.32. The SMILES string of the molecule is CC[C@H]1CN(C(=O)c2ccnc(Cl)c2)CC[C@H]1CC(=O)Nc1ccccc1. The minimum Gasteiger partial charge on any atom is -0.338 e. The number of anilines is 1. The highest BCUT2D eigenvalue weighted by molar-refractivity contribution is 6.29. The Morgan fingerprint density at radius 2 is 2.00 bits per heavy atom. The molecule has 27 heavy (non-hydrogen) atoms. The molecule has 2 heterocycles. The van der Waals surface area contributed by atoms with Crippen molar-refractivity contribution in [2.45, 2.75) is 26.2 Å². The zero-order valence-electron chi connectivity index (χ0n) is 15.4. The molecule has 0 radical (unpaired) electrons. The van der Waals surface area contributed by atoms with E-state index in [1.54, 1.807) is 18.3 Å². The monoisotopic (exact) mass is 385 g/mol. The van der Waals surface area contributed by atoms with Crippen LogP contribution in [0.15, 0.2) is 48.7 Å². The van der Waals surface area contributed by atoms with E-state index in [-0.39, 0.29) is 17.7 Å². The fraction of sp³-hybridized carbons (Fsp3) is 0.381. The Kier molecular flexibility index (Phi) is 6.45. The van der Waals surface area contributed by atoms with Crippen molar-refractivity contribution in [3.05, 3.63) is 59.4 Å². The van der Waals surface area contributed by atoms with E-state index in [4.69, 9.17) is 11.6 Å². The zero-order chi connectivity index (χ0) is 19.2. The lowest BCUT2D eigenvalue weighted by Crippen LogP contribution is -2.44. The number of piperidine rings is 1. The van der Waals surface area contributed by atoms with E-state index in [0.29, 0.717) is 36.1 Å². The third-order valence-electron chi connectivity index (χ3n) is 5.18. The highest BCUT2D eigenvalue weighted by atomic mass is 35.5. The largest absolute Gasteiger partial charge is 0.338 e. The van der Waals surface area contributed by atoms with Crippen molar-refractivity contribution < 1.29 is 9.59 Å². The van der Waals surface area contributed by atoms with Crippen molar-refractivity contribution in [3.8, 4) is 0 Å². The van der Waals surface area contributed by atoms with Gasteiger partial charge in [-0.3, -0.25) is 9.59 Å². The molecule has 2 amide bonds. The second-order valence-electron chi connectivity index (χ2n) is 6.95. The van der Waals surface area contributed by atoms with Crippen LogP contribution in [-0.4, -0.2) is 34.8 Å². The molecule has 6 heteroatoms. The molecule has 1 N–H and O–H groups in total. The molecule has 0 saturated carbocycles. The van der Waals surface area contributed by atoms with Crippen molar-refractivity contribution in [3.63, 3.8) is 0 Å². The maximum Gasteiger partial charge on any atom is 0.254 e. The lowest BCUT2D eigenvalue weighted by molar-refractivity contribution is -0.117. The molecular weight excluding hydrogens is 362 g/mol. The number of carbonyl (C=O) groups is 2. The van der Waals surface area contributed by atoms with Crippen LogP contribution in [0.1, 0.15) is 36.5 Å². The summed E-state index contributed by atoms with van der Waals surface area (Å²) >= 11 is 5.90. The second kappa shape index (κ2) is 9.00. The molecule has 1 aliphatic rings. The summed E-state index contributed by atoms with van der Waals surface area (Å²) in [5, 5.41) is 3.28. The number of para-hydroxylation sites is 1. The molecular formula is C21H24ClN3O2. The minimum absolute atomic E-state index is 0.0232. The number of halogens is 1. The topological polar surface area (TPSA) is 62.3 Å². The van der Waals surface area contributed by atoms with Gasteiger partial charge in [0.15, 0.2) is 0 Å². The first kappa shape index (κ1) is 19.4. The number of hydrogen-bond acceptors (Lipinski definition) is 3. The molecule has 3 rings (SSSR count). The van der Waals surface area contributed by atoms with Crippen LogP contribution in [0.4, 0.5) is 5.69 Å². The Bertz CT molecular complexity index is 797. The lowest BCUT2D eigenvalue weighted by atomic mass is 9.81. The van der Waals surface area contributed by atoms with Crippen LogP contribution >= 0.6 is 11.6 Å². The van der Waals surface area contributed by atoms with Gasteiger partial charge in [-0.2, -0.15) is 0 Å². The smallest absolute Gasteiger partial charge is 0.254 e. The average molecular weight is 386 g/mol. The van der Waals surface area contributed by atoms with Gasteiger partial charge < -0.3 is 10.2 Å². The number of pyridine rings is 1. The molecule has 0 unspecified atom stereocenters. The van der Waals surface area contributed by atoms with Crippen LogP contribution in [0.25, 0.3) is 0 Å². The molecule has 1 aliphatic heterocycles. The maximum atomic E-state index is 12.7. The summed E-state index contributed by atoms with van der Waals surface area (Å²) < 4.78 is 0. The molecule has 0 bridgehead atoms. The third-order valence-corrected chi connectivity index (χ3v) is 5.39. The highest BCUT2D eigenvalue weighted by Crippen LogP contribution is 2.30. The number of nitrogens with one attached hydrogen (secondary N) is 1. The van der Waals surface area contributed by atoms with Gasteiger partial charge in [-0.05, 0) is 42.5 Å². The summed E-state index contributed by atoms with van der Waals surface area (Å²) in [4.78, 5) is 30.9. The number of nitrogens with zero attached hydrogens (tertiary/aromatic N) is 2. The van der Waals surface area contributed by atoms with Gasteiger partial charge in [0.2, 0.25) is 5.91 Å². The second-order valence-corrected chi connectivity index (χ2v) is 7.34. The summed E-state index contributed by atoms with van der Waals surface area (Å²) in [7, 11) is 0. The van der Waals surface area contributed by atoms with Gasteiger partial charge in [0, 0.05) is 37.0 Å². The highest BCUT2D eigenvalue weighted by Gasteiger charge is 2.32. The summed E-state index contributed by atoms with van der Waals surface area (Å²) in [5.74, 6) is 0.598. The molecule has 2 aromatic rings. The number of carbonyl (C=O) groups excluding carboxylic acids is 2. The van der Waals surface area contributed by atoms with Gasteiger partial charge in [0.25, 0.3) is 5.91 Å². The molecule has 142 valence electrons. The standard InChI is InChI=1S/C21H24ClN3O2/c1-2-15-14-25(21(27)17-8-10-23-19(22)12-17)11-9-16(15)13-20(26)24-18-6-4-3-5-7-18/h3-8,10,12,15-16H,2,9,11,13-14H2,1H3,(H,24,26)/t15-,16-/m0/s1. The first-order chi connectivity index (χ1) is 13.1. The summed E-state index contributed by atoms with van der Waals surface area (Å²) in [5.41, 5.74) is 1.38. The van der Waals surface area contributed by atoms with Crippen LogP contribution in [0.2, 0.25) is 5.15 Å². The number of benzene rings is 1. The van der Waals surface area contributed by atoms with Crippen molar-refractivity contribution in [1.82, 2.24) is 9.88 Å². The molecule has 1 aromatic carbocycles. The Morgan fingerprint density at radius 1 is 1.22 bits per heavy atom. The van der Waals surface area contributed by atoms with Gasteiger partial charge in [-0.1, -0.05) is 43.1 Å². The van der Waals surface area contributed by atoms with Crippen LogP contribution in [0.3, 0.4) is 0 Å². The van der Waals surface area contributed by atoms with Crippen molar-refractivity contribution in [2.75, 3.05) is 18.4 Å². The van der Waals surface area contributed by atoms with E-state index >= 15 is 0 Å². The van der Waals surface area contributed by atoms with Crippen LogP contribution in [-0.2, 0) is 4.79 Å². The number of rotatable bonds is 5. The molecule has 0 spiro atoms. The van der Waals surface area contributed by atoms with Crippen LogP contribution in [0.5, 0.6) is 0 Å². The average Bonchev–Trinajstić information content (AvgIpc) is 2.68. The predicted octanol–water partition coefficient (Wildman–Crippen LogP) is 4.25. The Balaban J connectivity index is 1.59. The van der Waals surface area contributed by atoms with E-state index in [2.05, 4.69) is 17.2 Å². The molecule has 1 aromatic heterocycles. The van der Waals surface area contributed by atoms with Crippen LogP contribution < -0.4 is 5.32 Å². The number of likely N-dealkylation sites (tertiary alicyclic amines) is 1. The molecule has 1 fully saturated rings. The van der Waals surface area contributed by atoms with Gasteiger partial charge in [-0.25, -0.2) is 4.98 Å². The minimum atomic E-state index is -0.0232. The van der Waals surface area contributed by atoms with E-state index in [9.17, 15) is 9.59 Å². The third kappa shape index (κ3) is 5.07. The molecule has 5 nitrogen and oxygen atoms in total. The Labute approximate surface area is 164 Å². The Hall–Kier alpha value is -2.40. The molecule has 1 saturated heterocycles. The van der Waals surface area contributed by atoms with Crippen molar-refractivity contribution in [2.24, 2.45) is 11.8 Å². The first-order valence-corrected chi connectivity index (χ1v) is 9.70. The van der Waals surface area contributed by atoms with Gasteiger partial charge in [0.05, 0.1) is 0 Å². The summed E-state index contributed by atoms with van der Waals surface area (Å²) in [6, 6.07) is 12.8. The fourth-order valence-corrected chi connectivity index (χ4v) is 3.86. The summed E-state index contributed by atoms with van der Waals surface area (Å²) in [6.07, 6.45) is 3.79. The lowest BCUT2D eigenvalue weighted by Gasteiger charge is -2.38. The normalized spacial score (nSPS) is 19.6. The van der Waals surface area contributed by atoms with E-state index in [1.807, 2.05) is 35.2 Å². The quantitative estimate of drug-likeness (QED) is 0.782. The number of aromatic nitrogens is 1. The Morgan fingerprint density at radius 3 is 2.70 bits per heavy atom. The van der Waals surface area contributed by atoms with Gasteiger partial charge in [0.1, 0.15) is 5.15 Å². The van der Waals surface area contributed by atoms with Gasteiger partial charge >= 0.3 is 0 Å². The van der Waals surface area contributed by atoms with Crippen LogP contribution in [0, 0.1) is 11.8 Å². The zero-order valence-corrected chi connectivity index (χ0v) is 16.2. The van der Waals surface area contributed by atoms with Crippen molar-refractivity contribution in [1.29, 1.82) is 0 Å². The molecule has 0 aliphatic carbocycles. The van der Waals surface area contributed by atoms with E-state index < -0.39 is 0 Å². The fourth-order valence-electron chi connectivity index (χ4n) is 3.69. The van der Waals surface area contributed by atoms with Gasteiger partial charge in [-0.15, -0.1) is 0 Å². The van der Waals surface area contributed by atoms with Crippen molar-refractivity contribution >= 4 is 29.1 Å². The van der Waals surface area contributed by atoms with E-state index in [0.717, 1.165) is 18.5 Å². The maximum absolute atomic E-state index is 12.7.